The Hall–Kier alpha value is -3.51. The molecule has 0 aromatic heterocycles. The van der Waals surface area contributed by atoms with E-state index >= 15 is 0 Å². The molecule has 0 bridgehead atoms. The van der Waals surface area contributed by atoms with Crippen LogP contribution in [0.25, 0.3) is 6.08 Å². The van der Waals surface area contributed by atoms with Crippen molar-refractivity contribution in [2.75, 3.05) is 0 Å². The topological polar surface area (TPSA) is 83.5 Å². The molecular weight excluding hydrogens is 434 g/mol. The molecule has 3 rings (SSSR count). The van der Waals surface area contributed by atoms with Crippen LogP contribution in [0.4, 0.5) is 0 Å². The van der Waals surface area contributed by atoms with E-state index in [1.54, 1.807) is 72.8 Å². The summed E-state index contributed by atoms with van der Waals surface area (Å²) in [4.78, 5) is 36.4. The zero-order valence-corrected chi connectivity index (χ0v) is 16.7. The molecule has 0 saturated heterocycles. The second kappa shape index (κ2) is 9.12. The highest BCUT2D eigenvalue weighted by Crippen LogP contribution is 2.20. The van der Waals surface area contributed by atoms with E-state index in [-0.39, 0.29) is 11.5 Å². The van der Waals surface area contributed by atoms with E-state index in [0.717, 1.165) is 0 Å². The second-order valence-electron chi connectivity index (χ2n) is 6.11. The molecule has 0 atom stereocenters. The molecule has 0 aliphatic rings. The molecule has 3 aromatic carbocycles. The first-order valence-corrected chi connectivity index (χ1v) is 9.45. The van der Waals surface area contributed by atoms with Crippen molar-refractivity contribution in [3.05, 3.63) is 111 Å². The van der Waals surface area contributed by atoms with Crippen LogP contribution in [0.2, 0.25) is 0 Å². The summed E-state index contributed by atoms with van der Waals surface area (Å²) >= 11 is 3.36. The van der Waals surface area contributed by atoms with Crippen molar-refractivity contribution in [1.29, 1.82) is 0 Å². The summed E-state index contributed by atoms with van der Waals surface area (Å²) in [6.07, 6.45) is 1.34. The minimum Gasteiger partial charge on any atom is -0.477 e. The Bertz CT molecular complexity index is 1090. The lowest BCUT2D eigenvalue weighted by Gasteiger charge is -2.07. The third kappa shape index (κ3) is 5.06. The van der Waals surface area contributed by atoms with Crippen LogP contribution >= 0.6 is 15.9 Å². The molecule has 0 fully saturated rings. The molecule has 5 nitrogen and oxygen atoms in total. The van der Waals surface area contributed by atoms with Gasteiger partial charge in [0.2, 0.25) is 0 Å². The van der Waals surface area contributed by atoms with Gasteiger partial charge in [0.15, 0.2) is 5.78 Å². The van der Waals surface area contributed by atoms with Crippen molar-refractivity contribution >= 4 is 39.7 Å². The lowest BCUT2D eigenvalue weighted by Crippen LogP contribution is -2.27. The van der Waals surface area contributed by atoms with Crippen LogP contribution in [-0.2, 0) is 4.79 Å². The molecule has 0 aliphatic heterocycles. The number of carbonyl (C=O) groups excluding carboxylic acids is 2. The van der Waals surface area contributed by atoms with Crippen molar-refractivity contribution < 1.29 is 19.5 Å². The zero-order valence-electron chi connectivity index (χ0n) is 15.1. The number of hydrogen-bond donors (Lipinski definition) is 2. The Kier molecular flexibility index (Phi) is 6.36. The maximum absolute atomic E-state index is 12.6. The van der Waals surface area contributed by atoms with Crippen LogP contribution in [0.3, 0.4) is 0 Å². The summed E-state index contributed by atoms with van der Waals surface area (Å²) in [7, 11) is 0. The maximum Gasteiger partial charge on any atom is 0.352 e. The lowest BCUT2D eigenvalue weighted by molar-refractivity contribution is -0.132. The van der Waals surface area contributed by atoms with E-state index < -0.39 is 11.9 Å². The van der Waals surface area contributed by atoms with E-state index in [1.165, 1.54) is 6.08 Å². The number of carboxylic acids is 1. The van der Waals surface area contributed by atoms with Gasteiger partial charge in [-0.15, -0.1) is 0 Å². The molecule has 0 spiro atoms. The Morgan fingerprint density at radius 2 is 1.41 bits per heavy atom. The largest absolute Gasteiger partial charge is 0.477 e. The molecule has 6 heteroatoms. The van der Waals surface area contributed by atoms with E-state index in [0.29, 0.717) is 26.7 Å². The van der Waals surface area contributed by atoms with E-state index in [2.05, 4.69) is 21.2 Å². The molecule has 3 aromatic rings. The van der Waals surface area contributed by atoms with Gasteiger partial charge in [-0.05, 0) is 35.9 Å². The van der Waals surface area contributed by atoms with E-state index in [1.807, 2.05) is 6.07 Å². The Labute approximate surface area is 175 Å². The number of halogens is 1. The highest BCUT2D eigenvalue weighted by molar-refractivity contribution is 9.10. The minimum absolute atomic E-state index is 0.149. The highest BCUT2D eigenvalue weighted by atomic mass is 79.9. The molecule has 144 valence electrons. The number of aliphatic carboxylic acids is 1. The normalized spacial score (nSPS) is 11.0. The van der Waals surface area contributed by atoms with Crippen LogP contribution in [0.15, 0.2) is 89.0 Å². The van der Waals surface area contributed by atoms with Gasteiger partial charge in [-0.3, -0.25) is 9.59 Å². The number of ketones is 1. The molecular formula is C23H16BrNO4. The smallest absolute Gasteiger partial charge is 0.352 e. The molecule has 0 radical (unpaired) electrons. The fraction of sp³-hybridized carbons (Fsp3) is 0. The number of carboxylic acid groups (broad SMARTS) is 1. The van der Waals surface area contributed by atoms with Crippen molar-refractivity contribution in [3.63, 3.8) is 0 Å². The monoisotopic (exact) mass is 449 g/mol. The van der Waals surface area contributed by atoms with Crippen LogP contribution in [0.1, 0.15) is 31.8 Å². The predicted octanol–water partition coefficient (Wildman–Crippen LogP) is 4.54. The quantitative estimate of drug-likeness (QED) is 0.427. The first-order valence-electron chi connectivity index (χ1n) is 8.66. The van der Waals surface area contributed by atoms with E-state index in [4.69, 9.17) is 0 Å². The minimum atomic E-state index is -1.26. The molecule has 0 saturated carbocycles. The third-order valence-corrected chi connectivity index (χ3v) is 4.81. The van der Waals surface area contributed by atoms with Gasteiger partial charge < -0.3 is 10.4 Å². The number of hydrogen-bond acceptors (Lipinski definition) is 3. The summed E-state index contributed by atoms with van der Waals surface area (Å²) < 4.78 is 0.700. The number of carbonyl (C=O) groups is 3. The van der Waals surface area contributed by atoms with Crippen molar-refractivity contribution in [2.24, 2.45) is 0 Å². The first kappa shape index (κ1) is 20.2. The van der Waals surface area contributed by atoms with Gasteiger partial charge in [0, 0.05) is 21.2 Å². The van der Waals surface area contributed by atoms with Gasteiger partial charge in [0.1, 0.15) is 5.70 Å². The summed E-state index contributed by atoms with van der Waals surface area (Å²) in [5.74, 6) is -1.92. The summed E-state index contributed by atoms with van der Waals surface area (Å²) in [6, 6.07) is 22.0. The van der Waals surface area contributed by atoms with Crippen LogP contribution in [0, 0.1) is 0 Å². The number of benzene rings is 3. The van der Waals surface area contributed by atoms with Crippen molar-refractivity contribution in [2.45, 2.75) is 0 Å². The molecule has 2 N–H and O–H groups in total. The average Bonchev–Trinajstić information content (AvgIpc) is 2.74. The number of nitrogens with one attached hydrogen (secondary N) is 1. The summed E-state index contributed by atoms with van der Waals surface area (Å²) in [5, 5.41) is 11.8. The van der Waals surface area contributed by atoms with Crippen molar-refractivity contribution in [1.82, 2.24) is 5.32 Å². The zero-order chi connectivity index (χ0) is 20.8. The number of rotatable bonds is 6. The molecule has 1 amide bonds. The average molecular weight is 450 g/mol. The summed E-state index contributed by atoms with van der Waals surface area (Å²) in [6.45, 7) is 0. The van der Waals surface area contributed by atoms with Gasteiger partial charge >= 0.3 is 5.97 Å². The summed E-state index contributed by atoms with van der Waals surface area (Å²) in [5.41, 5.74) is 1.65. The third-order valence-electron chi connectivity index (χ3n) is 4.12. The van der Waals surface area contributed by atoms with Crippen LogP contribution < -0.4 is 5.32 Å². The lowest BCUT2D eigenvalue weighted by atomic mass is 10.0. The van der Waals surface area contributed by atoms with Crippen LogP contribution in [-0.4, -0.2) is 22.8 Å². The van der Waals surface area contributed by atoms with Crippen LogP contribution in [0.5, 0.6) is 0 Å². The molecule has 0 heterocycles. The van der Waals surface area contributed by atoms with Gasteiger partial charge in [-0.25, -0.2) is 4.79 Å². The van der Waals surface area contributed by atoms with Gasteiger partial charge in [0.25, 0.3) is 5.91 Å². The maximum atomic E-state index is 12.6. The highest BCUT2D eigenvalue weighted by Gasteiger charge is 2.14. The second-order valence-corrected chi connectivity index (χ2v) is 6.97. The Morgan fingerprint density at radius 1 is 0.793 bits per heavy atom. The van der Waals surface area contributed by atoms with Gasteiger partial charge in [0.05, 0.1) is 0 Å². The molecule has 29 heavy (non-hydrogen) atoms. The molecule has 0 unspecified atom stereocenters. The first-order chi connectivity index (χ1) is 14.0. The Balaban J connectivity index is 1.81. The van der Waals surface area contributed by atoms with E-state index in [9.17, 15) is 19.5 Å². The standard InChI is InChI=1S/C23H16BrNO4/c24-19-9-5-4-8-18(19)21(26)16-12-10-15(11-13-16)14-20(23(28)29)25-22(27)17-6-2-1-3-7-17/h1-14H,(H,25,27)(H,28,29). The fourth-order valence-corrected chi connectivity index (χ4v) is 3.10. The Morgan fingerprint density at radius 3 is 2.03 bits per heavy atom. The van der Waals surface area contributed by atoms with Crippen molar-refractivity contribution in [3.8, 4) is 0 Å². The van der Waals surface area contributed by atoms with Gasteiger partial charge in [-0.1, -0.05) is 70.5 Å². The predicted molar refractivity (Wildman–Crippen MR) is 114 cm³/mol. The fourth-order valence-electron chi connectivity index (χ4n) is 2.63. The SMILES string of the molecule is O=C(O)C(=Cc1ccc(C(=O)c2ccccc2Br)cc1)NC(=O)c1ccccc1. The van der Waals surface area contributed by atoms with Gasteiger partial charge in [-0.2, -0.15) is 0 Å². The number of amides is 1. The molecule has 0 aliphatic carbocycles.